The fraction of sp³-hybridized carbons (Fsp3) is 0.714. The van der Waals surface area contributed by atoms with Crippen LogP contribution in [0, 0.1) is 0 Å². The standard InChI is InChI=1S/C7H3Cl9Si/c8-3-4(9)6(11)2(17(14,15)16)1-5(3,10)7(6,12)13/h2H,1H2/t2-,5-,6+/m0/s1. The molecule has 2 aliphatic rings. The Balaban J connectivity index is 2.67. The zero-order chi connectivity index (χ0) is 13.4. The van der Waals surface area contributed by atoms with Crippen LogP contribution in [0.1, 0.15) is 6.42 Å². The molecule has 0 N–H and O–H groups in total. The van der Waals surface area contributed by atoms with Gasteiger partial charge < -0.3 is 0 Å². The summed E-state index contributed by atoms with van der Waals surface area (Å²) in [5.74, 6) is 0. The Kier molecular flexibility index (Phi) is 4.02. The first-order chi connectivity index (χ1) is 7.40. The lowest BCUT2D eigenvalue weighted by Crippen LogP contribution is -2.45. The molecule has 0 aromatic carbocycles. The maximum absolute atomic E-state index is 6.43. The quantitative estimate of drug-likeness (QED) is 0.260. The highest BCUT2D eigenvalue weighted by atomic mass is 35.8. The topological polar surface area (TPSA) is 0 Å². The number of rotatable bonds is 1. The molecule has 10 heteroatoms. The average Bonchev–Trinajstić information content (AvgIpc) is 2.38. The second-order valence-corrected chi connectivity index (χ2v) is 16.2. The molecule has 0 heterocycles. The normalized spacial score (nSPS) is 44.6. The second-order valence-electron chi connectivity index (χ2n) is 4.01. The van der Waals surface area contributed by atoms with E-state index in [-0.39, 0.29) is 16.5 Å². The molecule has 17 heavy (non-hydrogen) atoms. The van der Waals surface area contributed by atoms with E-state index in [1.807, 2.05) is 0 Å². The maximum atomic E-state index is 6.43. The predicted octanol–water partition coefficient (Wildman–Crippen LogP) is 6.25. The summed E-state index contributed by atoms with van der Waals surface area (Å²) in [6.45, 7) is 0. The number of alkyl halides is 4. The molecule has 0 saturated heterocycles. The third-order valence-electron chi connectivity index (χ3n) is 3.18. The van der Waals surface area contributed by atoms with Crippen molar-refractivity contribution in [3.05, 3.63) is 10.1 Å². The molecule has 0 spiro atoms. The molecule has 0 aromatic heterocycles. The highest BCUT2D eigenvalue weighted by Crippen LogP contribution is 2.78. The Morgan fingerprint density at radius 2 is 1.41 bits per heavy atom. The Hall–Kier alpha value is 2.57. The van der Waals surface area contributed by atoms with Crippen molar-refractivity contribution < 1.29 is 0 Å². The van der Waals surface area contributed by atoms with Crippen molar-refractivity contribution in [2.75, 3.05) is 0 Å². The fourth-order valence-corrected chi connectivity index (χ4v) is 9.83. The van der Waals surface area contributed by atoms with Crippen LogP contribution in [-0.2, 0) is 0 Å². The van der Waals surface area contributed by atoms with Crippen molar-refractivity contribution in [1.82, 2.24) is 0 Å². The van der Waals surface area contributed by atoms with E-state index in [0.29, 0.717) is 0 Å². The van der Waals surface area contributed by atoms with Gasteiger partial charge in [-0.25, -0.2) is 0 Å². The molecule has 0 amide bonds. The minimum atomic E-state index is -3.20. The molecular formula is C7H3Cl9Si. The summed E-state index contributed by atoms with van der Waals surface area (Å²) in [5.41, 5.74) is -0.607. The Morgan fingerprint density at radius 3 is 1.71 bits per heavy atom. The van der Waals surface area contributed by atoms with Gasteiger partial charge in [0.25, 0.3) is 0 Å². The van der Waals surface area contributed by atoms with E-state index < -0.39 is 25.6 Å². The molecule has 1 fully saturated rings. The summed E-state index contributed by atoms with van der Waals surface area (Å²) in [4.78, 5) is -2.76. The van der Waals surface area contributed by atoms with E-state index in [1.54, 1.807) is 0 Å². The van der Waals surface area contributed by atoms with Crippen LogP contribution in [-0.4, -0.2) is 20.1 Å². The van der Waals surface area contributed by atoms with Crippen molar-refractivity contribution >= 4 is 109 Å². The maximum Gasteiger partial charge on any atom is 0.346 e. The summed E-state index contributed by atoms with van der Waals surface area (Å²) < 4.78 is -1.61. The van der Waals surface area contributed by atoms with Gasteiger partial charge in [-0.3, -0.25) is 0 Å². The summed E-state index contributed by atoms with van der Waals surface area (Å²) in [6, 6.07) is -3.20. The molecule has 0 nitrogen and oxygen atoms in total. The Labute approximate surface area is 143 Å². The smallest absolute Gasteiger partial charge is 0.126 e. The van der Waals surface area contributed by atoms with Crippen LogP contribution in [0.25, 0.3) is 0 Å². The lowest BCUT2D eigenvalue weighted by molar-refractivity contribution is 0.681. The molecule has 0 radical (unpaired) electrons. The van der Waals surface area contributed by atoms with E-state index in [2.05, 4.69) is 0 Å². The van der Waals surface area contributed by atoms with Gasteiger partial charge in [-0.15, -0.1) is 56.4 Å². The van der Waals surface area contributed by atoms with Crippen molar-refractivity contribution in [3.8, 4) is 0 Å². The highest BCUT2D eigenvalue weighted by Gasteiger charge is 2.81. The summed E-state index contributed by atoms with van der Waals surface area (Å²) >= 11 is 55.4. The number of allylic oxidation sites excluding steroid dienone is 2. The molecule has 2 rings (SSSR count). The lowest BCUT2D eigenvalue weighted by Gasteiger charge is -2.35. The second kappa shape index (κ2) is 4.29. The molecular weight excluding hydrogens is 431 g/mol. The van der Waals surface area contributed by atoms with E-state index in [4.69, 9.17) is 103 Å². The van der Waals surface area contributed by atoms with Crippen LogP contribution in [0.4, 0.5) is 0 Å². The third kappa shape index (κ3) is 1.78. The SMILES string of the molecule is ClC1=C(Cl)[C@]2(Cl)[C@@H]([Si](Cl)(Cl)Cl)C[C@@]1(Cl)C2(Cl)Cl. The molecule has 2 aliphatic carbocycles. The van der Waals surface area contributed by atoms with Crippen LogP contribution in [0.5, 0.6) is 0 Å². The molecule has 1 saturated carbocycles. The summed E-state index contributed by atoms with van der Waals surface area (Å²) in [7, 11) is 0. The van der Waals surface area contributed by atoms with Crippen molar-refractivity contribution in [3.63, 3.8) is 0 Å². The van der Waals surface area contributed by atoms with Gasteiger partial charge >= 0.3 is 6.00 Å². The molecule has 2 bridgehead atoms. The number of halogens is 9. The first-order valence-corrected chi connectivity index (χ1v) is 11.7. The van der Waals surface area contributed by atoms with Crippen molar-refractivity contribution in [1.29, 1.82) is 0 Å². The molecule has 98 valence electrons. The number of fused-ring (bicyclic) bond motifs is 2. The number of hydrogen-bond donors (Lipinski definition) is 0. The zero-order valence-electron chi connectivity index (χ0n) is 7.69. The average molecular weight is 434 g/mol. The van der Waals surface area contributed by atoms with Crippen LogP contribution in [0.15, 0.2) is 10.1 Å². The van der Waals surface area contributed by atoms with Crippen molar-refractivity contribution in [2.45, 2.75) is 26.0 Å². The number of hydrogen-bond acceptors (Lipinski definition) is 0. The minimum absolute atomic E-state index is 0.0657. The van der Waals surface area contributed by atoms with Crippen LogP contribution in [0.2, 0.25) is 5.54 Å². The largest absolute Gasteiger partial charge is 0.346 e. The van der Waals surface area contributed by atoms with Crippen LogP contribution in [0.3, 0.4) is 0 Å². The lowest BCUT2D eigenvalue weighted by atomic mass is 10.1. The van der Waals surface area contributed by atoms with Gasteiger partial charge in [-0.2, -0.15) is 0 Å². The molecule has 0 unspecified atom stereocenters. The van der Waals surface area contributed by atoms with Crippen molar-refractivity contribution in [2.24, 2.45) is 0 Å². The monoisotopic (exact) mass is 430 g/mol. The highest BCUT2D eigenvalue weighted by molar-refractivity contribution is 7.65. The minimum Gasteiger partial charge on any atom is -0.126 e. The zero-order valence-corrected chi connectivity index (χ0v) is 15.5. The molecule has 0 aromatic rings. The van der Waals surface area contributed by atoms with Gasteiger partial charge in [0.15, 0.2) is 4.33 Å². The first kappa shape index (κ1) is 15.9. The third-order valence-corrected chi connectivity index (χ3v) is 11.4. The van der Waals surface area contributed by atoms with Gasteiger partial charge in [-0.1, -0.05) is 46.4 Å². The Morgan fingerprint density at radius 1 is 0.941 bits per heavy atom. The van der Waals surface area contributed by atoms with Gasteiger partial charge in [0, 0.05) is 5.54 Å². The van der Waals surface area contributed by atoms with E-state index in [1.165, 1.54) is 0 Å². The summed E-state index contributed by atoms with van der Waals surface area (Å²) in [5, 5.41) is 0.191. The van der Waals surface area contributed by atoms with E-state index in [0.717, 1.165) is 0 Å². The fourth-order valence-electron chi connectivity index (χ4n) is 2.25. The Bertz CT molecular complexity index is 412. The van der Waals surface area contributed by atoms with Crippen LogP contribution < -0.4 is 0 Å². The predicted molar refractivity (Wildman–Crippen MR) is 82.0 cm³/mol. The van der Waals surface area contributed by atoms with E-state index >= 15 is 0 Å². The van der Waals surface area contributed by atoms with Gasteiger partial charge in [0.1, 0.15) is 9.75 Å². The first-order valence-electron chi connectivity index (χ1n) is 4.29. The van der Waals surface area contributed by atoms with Gasteiger partial charge in [0.2, 0.25) is 0 Å². The molecule has 0 aliphatic heterocycles. The summed E-state index contributed by atoms with van der Waals surface area (Å²) in [6.07, 6.45) is 0.183. The van der Waals surface area contributed by atoms with Gasteiger partial charge in [0.05, 0.1) is 10.1 Å². The molecule has 3 atom stereocenters. The van der Waals surface area contributed by atoms with Gasteiger partial charge in [-0.05, 0) is 6.42 Å². The van der Waals surface area contributed by atoms with Crippen LogP contribution >= 0.6 is 103 Å². The van der Waals surface area contributed by atoms with E-state index in [9.17, 15) is 0 Å².